The third-order valence-corrected chi connectivity index (χ3v) is 2.67. The molecule has 0 spiro atoms. The van der Waals surface area contributed by atoms with E-state index in [-0.39, 0.29) is 0 Å². The number of aromatic carboxylic acids is 1. The number of hydrogen-bond donors (Lipinski definition) is 3. The molecule has 2 rings (SSSR count). The fourth-order valence-electron chi connectivity index (χ4n) is 2.04. The molecule has 4 heteroatoms. The molecule has 1 aromatic rings. The van der Waals surface area contributed by atoms with Crippen LogP contribution in [0, 0.1) is 0 Å². The summed E-state index contributed by atoms with van der Waals surface area (Å²) in [5.74, 6) is -0.880. The maximum Gasteiger partial charge on any atom is 0.352 e. The van der Waals surface area contributed by atoms with Gasteiger partial charge in [-0.25, -0.2) is 4.79 Å². The molecule has 14 heavy (non-hydrogen) atoms. The molecule has 1 heterocycles. The van der Waals surface area contributed by atoms with Crippen molar-refractivity contribution in [2.24, 2.45) is 0 Å². The number of fused-ring (bicyclic) bond motifs is 1. The number of aryl methyl sites for hydroxylation is 1. The molecule has 0 fully saturated rings. The summed E-state index contributed by atoms with van der Waals surface area (Å²) in [5.41, 5.74) is 2.51. The number of aromatic nitrogens is 1. The van der Waals surface area contributed by atoms with E-state index in [2.05, 4.69) is 17.2 Å². The van der Waals surface area contributed by atoms with Crippen molar-refractivity contribution in [3.8, 4) is 0 Å². The average molecular weight is 194 g/mol. The van der Waals surface area contributed by atoms with Gasteiger partial charge in [0, 0.05) is 11.7 Å². The van der Waals surface area contributed by atoms with Crippen LogP contribution in [0.1, 0.15) is 41.1 Å². The van der Waals surface area contributed by atoms with Gasteiger partial charge in [0.1, 0.15) is 5.69 Å². The van der Waals surface area contributed by atoms with Crippen LogP contribution in [0.25, 0.3) is 0 Å². The number of carbonyl (C=O) groups is 1. The second-order valence-corrected chi connectivity index (χ2v) is 3.58. The van der Waals surface area contributed by atoms with Gasteiger partial charge in [-0.05, 0) is 31.0 Å². The van der Waals surface area contributed by atoms with Crippen molar-refractivity contribution < 1.29 is 9.90 Å². The molecule has 0 saturated heterocycles. The Hall–Kier alpha value is -1.29. The van der Waals surface area contributed by atoms with Crippen molar-refractivity contribution in [1.82, 2.24) is 10.3 Å². The fourth-order valence-corrected chi connectivity index (χ4v) is 2.04. The van der Waals surface area contributed by atoms with E-state index in [4.69, 9.17) is 5.11 Å². The first-order valence-corrected chi connectivity index (χ1v) is 4.90. The lowest BCUT2D eigenvalue weighted by molar-refractivity contribution is 0.0691. The van der Waals surface area contributed by atoms with E-state index in [0.717, 1.165) is 30.6 Å². The van der Waals surface area contributed by atoms with Crippen molar-refractivity contribution in [2.75, 3.05) is 6.54 Å². The number of rotatable bonds is 3. The predicted octanol–water partition coefficient (Wildman–Crippen LogP) is 1.31. The zero-order valence-electron chi connectivity index (χ0n) is 8.13. The van der Waals surface area contributed by atoms with Crippen molar-refractivity contribution in [1.29, 1.82) is 0 Å². The van der Waals surface area contributed by atoms with Crippen LogP contribution in [0.3, 0.4) is 0 Å². The molecule has 3 N–H and O–H groups in total. The summed E-state index contributed by atoms with van der Waals surface area (Å²) in [5, 5.41) is 12.1. The molecule has 1 aromatic heterocycles. The highest BCUT2D eigenvalue weighted by Crippen LogP contribution is 2.30. The Bertz CT molecular complexity index is 357. The normalized spacial score (nSPS) is 19.6. The van der Waals surface area contributed by atoms with Gasteiger partial charge in [-0.15, -0.1) is 0 Å². The van der Waals surface area contributed by atoms with E-state index < -0.39 is 5.97 Å². The van der Waals surface area contributed by atoms with Gasteiger partial charge in [-0.3, -0.25) is 0 Å². The van der Waals surface area contributed by atoms with Crippen LogP contribution < -0.4 is 5.32 Å². The molecule has 1 aliphatic rings. The first-order chi connectivity index (χ1) is 6.72. The highest BCUT2D eigenvalue weighted by Gasteiger charge is 2.25. The second kappa shape index (κ2) is 3.46. The molecule has 1 unspecified atom stereocenters. The Balaban J connectivity index is 2.26. The SMILES string of the molecule is CCNC1CCc2cc(C(=O)O)[nH]c21. The molecule has 0 amide bonds. The number of H-pyrrole nitrogens is 1. The minimum absolute atomic E-state index is 0.303. The zero-order valence-corrected chi connectivity index (χ0v) is 8.13. The molecular formula is C10H14N2O2. The van der Waals surface area contributed by atoms with E-state index in [0.29, 0.717) is 11.7 Å². The molecular weight excluding hydrogens is 180 g/mol. The lowest BCUT2D eigenvalue weighted by Gasteiger charge is -2.10. The minimum Gasteiger partial charge on any atom is -0.477 e. The summed E-state index contributed by atoms with van der Waals surface area (Å²) >= 11 is 0. The van der Waals surface area contributed by atoms with E-state index in [9.17, 15) is 4.79 Å². The molecule has 0 saturated carbocycles. The lowest BCUT2D eigenvalue weighted by Crippen LogP contribution is -2.19. The first-order valence-electron chi connectivity index (χ1n) is 4.90. The monoisotopic (exact) mass is 194 g/mol. The summed E-state index contributed by atoms with van der Waals surface area (Å²) in [7, 11) is 0. The van der Waals surface area contributed by atoms with Crippen LogP contribution in [-0.4, -0.2) is 22.6 Å². The highest BCUT2D eigenvalue weighted by atomic mass is 16.4. The van der Waals surface area contributed by atoms with E-state index in [1.165, 1.54) is 0 Å². The Morgan fingerprint density at radius 2 is 2.57 bits per heavy atom. The smallest absolute Gasteiger partial charge is 0.352 e. The maximum atomic E-state index is 10.7. The number of aromatic amines is 1. The summed E-state index contributed by atoms with van der Waals surface area (Å²) in [6, 6.07) is 2.05. The molecule has 76 valence electrons. The summed E-state index contributed by atoms with van der Waals surface area (Å²) < 4.78 is 0. The standard InChI is InChI=1S/C10H14N2O2/c1-2-11-7-4-3-6-5-8(10(13)14)12-9(6)7/h5,7,11-12H,2-4H2,1H3,(H,13,14). The molecule has 0 bridgehead atoms. The van der Waals surface area contributed by atoms with Crippen molar-refractivity contribution in [3.63, 3.8) is 0 Å². The van der Waals surface area contributed by atoms with Gasteiger partial charge < -0.3 is 15.4 Å². The van der Waals surface area contributed by atoms with Gasteiger partial charge in [-0.1, -0.05) is 6.92 Å². The van der Waals surface area contributed by atoms with Gasteiger partial charge in [0.25, 0.3) is 0 Å². The molecule has 1 aliphatic carbocycles. The van der Waals surface area contributed by atoms with Crippen LogP contribution in [0.5, 0.6) is 0 Å². The Morgan fingerprint density at radius 3 is 3.21 bits per heavy atom. The van der Waals surface area contributed by atoms with Gasteiger partial charge in [0.2, 0.25) is 0 Å². The van der Waals surface area contributed by atoms with Gasteiger partial charge in [0.05, 0.1) is 0 Å². The van der Waals surface area contributed by atoms with Crippen LogP contribution >= 0.6 is 0 Å². The van der Waals surface area contributed by atoms with Gasteiger partial charge in [-0.2, -0.15) is 0 Å². The van der Waals surface area contributed by atoms with Crippen LogP contribution in [0.4, 0.5) is 0 Å². The third-order valence-electron chi connectivity index (χ3n) is 2.67. The first kappa shape index (κ1) is 9.27. The quantitative estimate of drug-likeness (QED) is 0.679. The molecule has 1 atom stereocenters. The van der Waals surface area contributed by atoms with Crippen molar-refractivity contribution >= 4 is 5.97 Å². The van der Waals surface area contributed by atoms with Crippen LogP contribution in [0.15, 0.2) is 6.07 Å². The van der Waals surface area contributed by atoms with E-state index in [1.807, 2.05) is 0 Å². The maximum absolute atomic E-state index is 10.7. The second-order valence-electron chi connectivity index (χ2n) is 3.58. The fraction of sp³-hybridized carbons (Fsp3) is 0.500. The van der Waals surface area contributed by atoms with E-state index in [1.54, 1.807) is 6.07 Å². The Labute approximate surface area is 82.3 Å². The van der Waals surface area contributed by atoms with Crippen LogP contribution in [0.2, 0.25) is 0 Å². The van der Waals surface area contributed by atoms with Crippen LogP contribution in [-0.2, 0) is 6.42 Å². The number of nitrogens with one attached hydrogen (secondary N) is 2. The number of carboxylic acids is 1. The number of hydrogen-bond acceptors (Lipinski definition) is 2. The summed E-state index contributed by atoms with van der Waals surface area (Å²) in [6.45, 7) is 2.96. The van der Waals surface area contributed by atoms with Crippen molar-refractivity contribution in [3.05, 3.63) is 23.0 Å². The van der Waals surface area contributed by atoms with Gasteiger partial charge in [0.15, 0.2) is 0 Å². The molecule has 0 radical (unpaired) electrons. The third kappa shape index (κ3) is 1.42. The highest BCUT2D eigenvalue weighted by molar-refractivity contribution is 5.86. The zero-order chi connectivity index (χ0) is 10.1. The molecule has 0 aliphatic heterocycles. The topological polar surface area (TPSA) is 65.1 Å². The molecule has 0 aromatic carbocycles. The summed E-state index contributed by atoms with van der Waals surface area (Å²) in [4.78, 5) is 13.7. The van der Waals surface area contributed by atoms with Crippen molar-refractivity contribution in [2.45, 2.75) is 25.8 Å². The van der Waals surface area contributed by atoms with E-state index >= 15 is 0 Å². The largest absolute Gasteiger partial charge is 0.477 e. The lowest BCUT2D eigenvalue weighted by atomic mass is 10.2. The summed E-state index contributed by atoms with van der Waals surface area (Å²) in [6.07, 6.45) is 2.03. The predicted molar refractivity (Wildman–Crippen MR) is 52.5 cm³/mol. The van der Waals surface area contributed by atoms with Gasteiger partial charge >= 0.3 is 5.97 Å². The minimum atomic E-state index is -0.880. The average Bonchev–Trinajstić information content (AvgIpc) is 2.67. The Morgan fingerprint density at radius 1 is 1.79 bits per heavy atom. The Kier molecular flexibility index (Phi) is 2.29. The number of carboxylic acid groups (broad SMARTS) is 1. The molecule has 4 nitrogen and oxygen atoms in total.